The fraction of sp³-hybridized carbons (Fsp3) is 0.462. The maximum atomic E-state index is 12.3. The second-order valence-corrected chi connectivity index (χ2v) is 6.62. The molecule has 0 unspecified atom stereocenters. The van der Waals surface area contributed by atoms with Gasteiger partial charge < -0.3 is 5.11 Å². The van der Waals surface area contributed by atoms with Gasteiger partial charge in [0.25, 0.3) is 0 Å². The Morgan fingerprint density at radius 1 is 1.37 bits per heavy atom. The number of carbonyl (C=O) groups is 1. The fourth-order valence-electron chi connectivity index (χ4n) is 2.19. The normalized spacial score (nSPS) is 20.6. The molecule has 1 aliphatic rings. The summed E-state index contributed by atoms with van der Waals surface area (Å²) in [5, 5.41) is 8.91. The zero-order valence-corrected chi connectivity index (χ0v) is 11.6. The van der Waals surface area contributed by atoms with E-state index in [0.717, 1.165) is 12.0 Å². The summed E-state index contributed by atoms with van der Waals surface area (Å²) >= 11 is 0. The third-order valence-electron chi connectivity index (χ3n) is 3.47. The summed E-state index contributed by atoms with van der Waals surface area (Å²) < 4.78 is 25.9. The lowest BCUT2D eigenvalue weighted by molar-refractivity contribution is -0.141. The van der Waals surface area contributed by atoms with E-state index in [2.05, 4.69) is 0 Å². The minimum atomic E-state index is -3.56. The molecule has 1 N–H and O–H groups in total. The number of aliphatic carboxylic acids is 1. The van der Waals surface area contributed by atoms with Crippen LogP contribution in [0.3, 0.4) is 0 Å². The average Bonchev–Trinajstić information content (AvgIpc) is 2.89. The molecule has 0 amide bonds. The van der Waals surface area contributed by atoms with Gasteiger partial charge in [-0.1, -0.05) is 19.1 Å². The van der Waals surface area contributed by atoms with E-state index >= 15 is 0 Å². The van der Waals surface area contributed by atoms with Crippen LogP contribution >= 0.6 is 0 Å². The van der Waals surface area contributed by atoms with Crippen LogP contribution in [0.15, 0.2) is 29.2 Å². The molecule has 0 aliphatic carbocycles. The molecule has 0 radical (unpaired) electrons. The molecule has 0 saturated carbocycles. The molecule has 5 nitrogen and oxygen atoms in total. The first kappa shape index (κ1) is 14.0. The summed E-state index contributed by atoms with van der Waals surface area (Å²) in [6.45, 7) is 2.34. The molecule has 1 fully saturated rings. The Balaban J connectivity index is 2.20. The molecule has 1 atom stereocenters. The molecule has 0 aromatic heterocycles. The van der Waals surface area contributed by atoms with Gasteiger partial charge >= 0.3 is 5.97 Å². The standard InChI is InChI=1S/C13H17NO4S/c1-2-10-3-5-12(6-4-10)19(17,18)14-8-7-11(9-14)13(15)16/h3-6,11H,2,7-9H2,1H3,(H,15,16)/t11-/m0/s1. The Hall–Kier alpha value is -1.40. The highest BCUT2D eigenvalue weighted by molar-refractivity contribution is 7.89. The van der Waals surface area contributed by atoms with E-state index in [1.807, 2.05) is 6.92 Å². The Morgan fingerprint density at radius 2 is 2.00 bits per heavy atom. The van der Waals surface area contributed by atoms with Crippen LogP contribution in [-0.2, 0) is 21.2 Å². The van der Waals surface area contributed by atoms with Gasteiger partial charge in [0.1, 0.15) is 0 Å². The maximum Gasteiger partial charge on any atom is 0.307 e. The fourth-order valence-corrected chi connectivity index (χ4v) is 3.69. The van der Waals surface area contributed by atoms with Crippen LogP contribution in [-0.4, -0.2) is 36.9 Å². The number of carboxylic acid groups (broad SMARTS) is 1. The highest BCUT2D eigenvalue weighted by atomic mass is 32.2. The number of benzene rings is 1. The van der Waals surface area contributed by atoms with Crippen molar-refractivity contribution in [3.05, 3.63) is 29.8 Å². The predicted octanol–water partition coefficient (Wildman–Crippen LogP) is 1.34. The second-order valence-electron chi connectivity index (χ2n) is 4.68. The van der Waals surface area contributed by atoms with Crippen molar-refractivity contribution in [1.29, 1.82) is 0 Å². The van der Waals surface area contributed by atoms with Crippen molar-refractivity contribution in [1.82, 2.24) is 4.31 Å². The van der Waals surface area contributed by atoms with Crippen LogP contribution in [0, 0.1) is 5.92 Å². The zero-order chi connectivity index (χ0) is 14.0. The topological polar surface area (TPSA) is 74.7 Å². The van der Waals surface area contributed by atoms with E-state index in [4.69, 9.17) is 5.11 Å². The molecular formula is C13H17NO4S. The molecule has 1 saturated heterocycles. The van der Waals surface area contributed by atoms with Crippen LogP contribution in [0.1, 0.15) is 18.9 Å². The lowest BCUT2D eigenvalue weighted by Gasteiger charge is -2.16. The minimum Gasteiger partial charge on any atom is -0.481 e. The molecule has 1 aliphatic heterocycles. The summed E-state index contributed by atoms with van der Waals surface area (Å²) in [5.74, 6) is -1.52. The van der Waals surface area contributed by atoms with E-state index in [9.17, 15) is 13.2 Å². The van der Waals surface area contributed by atoms with Crippen LogP contribution in [0.5, 0.6) is 0 Å². The molecule has 1 aromatic carbocycles. The molecule has 1 aromatic rings. The van der Waals surface area contributed by atoms with Gasteiger partial charge in [-0.15, -0.1) is 0 Å². The molecule has 0 bridgehead atoms. The van der Waals surface area contributed by atoms with Crippen LogP contribution in [0.2, 0.25) is 0 Å². The second kappa shape index (κ2) is 5.30. The Labute approximate surface area is 112 Å². The number of sulfonamides is 1. The van der Waals surface area contributed by atoms with Crippen LogP contribution in [0.25, 0.3) is 0 Å². The summed E-state index contributed by atoms with van der Waals surface area (Å²) in [6, 6.07) is 6.75. The maximum absolute atomic E-state index is 12.3. The summed E-state index contributed by atoms with van der Waals surface area (Å²) in [4.78, 5) is 11.1. The molecular weight excluding hydrogens is 266 g/mol. The van der Waals surface area contributed by atoms with E-state index in [1.54, 1.807) is 24.3 Å². The Morgan fingerprint density at radius 3 is 2.47 bits per heavy atom. The summed E-state index contributed by atoms with van der Waals surface area (Å²) in [7, 11) is -3.56. The monoisotopic (exact) mass is 283 g/mol. The largest absolute Gasteiger partial charge is 0.481 e. The van der Waals surface area contributed by atoms with Gasteiger partial charge in [-0.2, -0.15) is 4.31 Å². The van der Waals surface area contributed by atoms with Gasteiger partial charge in [0, 0.05) is 13.1 Å². The van der Waals surface area contributed by atoms with E-state index < -0.39 is 21.9 Å². The van der Waals surface area contributed by atoms with Crippen molar-refractivity contribution in [2.45, 2.75) is 24.7 Å². The highest BCUT2D eigenvalue weighted by Gasteiger charge is 2.35. The number of hydrogen-bond donors (Lipinski definition) is 1. The lowest BCUT2D eigenvalue weighted by Crippen LogP contribution is -2.30. The van der Waals surface area contributed by atoms with Gasteiger partial charge in [0.2, 0.25) is 10.0 Å². The number of nitrogens with zero attached hydrogens (tertiary/aromatic N) is 1. The Kier molecular flexibility index (Phi) is 3.91. The highest BCUT2D eigenvalue weighted by Crippen LogP contribution is 2.24. The quantitative estimate of drug-likeness (QED) is 0.905. The van der Waals surface area contributed by atoms with Crippen molar-refractivity contribution < 1.29 is 18.3 Å². The van der Waals surface area contributed by atoms with Gasteiger partial charge in [-0.25, -0.2) is 8.42 Å². The number of rotatable bonds is 4. The third-order valence-corrected chi connectivity index (χ3v) is 5.35. The number of hydrogen-bond acceptors (Lipinski definition) is 3. The van der Waals surface area contributed by atoms with E-state index in [0.29, 0.717) is 6.42 Å². The van der Waals surface area contributed by atoms with Gasteiger partial charge in [0.05, 0.1) is 10.8 Å². The minimum absolute atomic E-state index is 0.0627. The third kappa shape index (κ3) is 2.79. The summed E-state index contributed by atoms with van der Waals surface area (Å²) in [5.41, 5.74) is 1.07. The van der Waals surface area contributed by atoms with Crippen molar-refractivity contribution in [2.24, 2.45) is 5.92 Å². The molecule has 6 heteroatoms. The van der Waals surface area contributed by atoms with Gasteiger partial charge in [-0.05, 0) is 30.5 Å². The lowest BCUT2D eigenvalue weighted by atomic mass is 10.1. The van der Waals surface area contributed by atoms with E-state index in [1.165, 1.54) is 4.31 Å². The molecule has 19 heavy (non-hydrogen) atoms. The van der Waals surface area contributed by atoms with Crippen LogP contribution in [0.4, 0.5) is 0 Å². The first-order valence-electron chi connectivity index (χ1n) is 6.27. The van der Waals surface area contributed by atoms with Crippen molar-refractivity contribution in [3.8, 4) is 0 Å². The van der Waals surface area contributed by atoms with Crippen LogP contribution < -0.4 is 0 Å². The zero-order valence-electron chi connectivity index (χ0n) is 10.7. The molecule has 0 spiro atoms. The first-order chi connectivity index (χ1) is 8.95. The van der Waals surface area contributed by atoms with E-state index in [-0.39, 0.29) is 18.0 Å². The Bertz CT molecular complexity index is 565. The van der Waals surface area contributed by atoms with Gasteiger partial charge in [0.15, 0.2) is 0 Å². The summed E-state index contributed by atoms with van der Waals surface area (Å²) in [6.07, 6.45) is 1.23. The SMILES string of the molecule is CCc1ccc(S(=O)(=O)N2CC[C@H](C(=O)O)C2)cc1. The average molecular weight is 283 g/mol. The van der Waals surface area contributed by atoms with Crippen molar-refractivity contribution >= 4 is 16.0 Å². The molecule has 1 heterocycles. The number of aryl methyl sites for hydroxylation is 1. The first-order valence-corrected chi connectivity index (χ1v) is 7.71. The van der Waals surface area contributed by atoms with Gasteiger partial charge in [-0.3, -0.25) is 4.79 Å². The smallest absolute Gasteiger partial charge is 0.307 e. The van der Waals surface area contributed by atoms with Crippen molar-refractivity contribution in [3.63, 3.8) is 0 Å². The molecule has 104 valence electrons. The van der Waals surface area contributed by atoms with Crippen molar-refractivity contribution in [2.75, 3.05) is 13.1 Å². The predicted molar refractivity (Wildman–Crippen MR) is 70.3 cm³/mol. The number of carboxylic acids is 1. The molecule has 2 rings (SSSR count).